The van der Waals surface area contributed by atoms with E-state index in [0.29, 0.717) is 5.75 Å². The van der Waals surface area contributed by atoms with Crippen molar-refractivity contribution >= 4 is 0 Å². The molecule has 0 saturated carbocycles. The number of hydrogen-bond donors (Lipinski definition) is 3. The highest BCUT2D eigenvalue weighted by Gasteiger charge is 1.74. The van der Waals surface area contributed by atoms with E-state index in [4.69, 9.17) is 20.1 Å². The van der Waals surface area contributed by atoms with Gasteiger partial charge in [0.15, 0.2) is 0 Å². The Morgan fingerprint density at radius 2 is 1.23 bits per heavy atom. The Kier molecular flexibility index (Phi) is 47.4. The van der Waals surface area contributed by atoms with Crippen LogP contribution in [0.3, 0.4) is 0 Å². The van der Waals surface area contributed by atoms with Crippen LogP contribution in [0.1, 0.15) is 27.7 Å². The SMILES string of the molecule is C=CC.C=CC.CCOCC.OCCO.Oc1ccccc1. The summed E-state index contributed by atoms with van der Waals surface area (Å²) in [7, 11) is 0. The van der Waals surface area contributed by atoms with Gasteiger partial charge in [0.2, 0.25) is 0 Å². The Bertz CT molecular complexity index is 264. The molecule has 0 aliphatic rings. The largest absolute Gasteiger partial charge is 0.508 e. The van der Waals surface area contributed by atoms with Crippen LogP contribution in [0.2, 0.25) is 0 Å². The van der Waals surface area contributed by atoms with Gasteiger partial charge in [-0.15, -0.1) is 13.2 Å². The normalized spacial score (nSPS) is 7.18. The number of phenolic OH excluding ortho intramolecular Hbond substituents is 1. The Morgan fingerprint density at radius 3 is 1.32 bits per heavy atom. The summed E-state index contributed by atoms with van der Waals surface area (Å²) in [6.45, 7) is 15.9. The zero-order valence-corrected chi connectivity index (χ0v) is 14.5. The van der Waals surface area contributed by atoms with E-state index in [2.05, 4.69) is 13.2 Å². The lowest BCUT2D eigenvalue weighted by molar-refractivity contribution is 0.162. The molecule has 0 fully saturated rings. The molecule has 3 N–H and O–H groups in total. The Labute approximate surface area is 136 Å². The van der Waals surface area contributed by atoms with E-state index in [-0.39, 0.29) is 13.2 Å². The molecule has 22 heavy (non-hydrogen) atoms. The Hall–Kier alpha value is -1.62. The fourth-order valence-corrected chi connectivity index (χ4v) is 0.632. The first-order chi connectivity index (χ1) is 10.6. The van der Waals surface area contributed by atoms with E-state index in [1.807, 2.05) is 33.8 Å². The van der Waals surface area contributed by atoms with Crippen LogP contribution in [-0.4, -0.2) is 41.7 Å². The van der Waals surface area contributed by atoms with Crippen molar-refractivity contribution in [3.05, 3.63) is 55.6 Å². The van der Waals surface area contributed by atoms with Crippen molar-refractivity contribution < 1.29 is 20.1 Å². The minimum Gasteiger partial charge on any atom is -0.508 e. The van der Waals surface area contributed by atoms with Crippen LogP contribution in [0.5, 0.6) is 5.75 Å². The van der Waals surface area contributed by atoms with Crippen molar-refractivity contribution in [2.75, 3.05) is 26.4 Å². The van der Waals surface area contributed by atoms with Crippen molar-refractivity contribution in [3.63, 3.8) is 0 Å². The number of phenols is 1. The summed E-state index contributed by atoms with van der Waals surface area (Å²) in [5.41, 5.74) is 0. The van der Waals surface area contributed by atoms with Gasteiger partial charge in [0.05, 0.1) is 13.2 Å². The standard InChI is InChI=1S/C6H6O.C4H10O.2C3H6.C2H6O2/c7-6-4-2-1-3-5-6;1-3-5-4-2;2*1-3-2;3-1-2-4/h1-5,7H;3-4H2,1-2H3;2*3H,1H2,2H3;3-4H,1-2H2. The summed E-state index contributed by atoms with van der Waals surface area (Å²) in [4.78, 5) is 0. The maximum atomic E-state index is 8.63. The van der Waals surface area contributed by atoms with Gasteiger partial charge in [0, 0.05) is 13.2 Å². The molecule has 1 aromatic rings. The maximum Gasteiger partial charge on any atom is 0.115 e. The number of allylic oxidation sites excluding steroid dienone is 2. The third-order valence-electron chi connectivity index (χ3n) is 1.26. The van der Waals surface area contributed by atoms with Gasteiger partial charge in [-0.25, -0.2) is 0 Å². The van der Waals surface area contributed by atoms with Gasteiger partial charge in [-0.2, -0.15) is 0 Å². The molecule has 0 aromatic heterocycles. The zero-order valence-electron chi connectivity index (χ0n) is 14.5. The molecular weight excluding hydrogens is 280 g/mol. The Balaban J connectivity index is -0.0000000971. The lowest BCUT2D eigenvalue weighted by Crippen LogP contribution is -1.85. The molecule has 1 rings (SSSR count). The number of ether oxygens (including phenoxy) is 1. The summed E-state index contributed by atoms with van der Waals surface area (Å²) in [5, 5.41) is 23.9. The molecule has 0 amide bonds. The van der Waals surface area contributed by atoms with E-state index in [9.17, 15) is 0 Å². The number of benzene rings is 1. The molecule has 0 atom stereocenters. The van der Waals surface area contributed by atoms with E-state index in [0.717, 1.165) is 13.2 Å². The second-order valence-corrected chi connectivity index (χ2v) is 3.38. The van der Waals surface area contributed by atoms with Crippen molar-refractivity contribution in [3.8, 4) is 5.75 Å². The fourth-order valence-electron chi connectivity index (χ4n) is 0.632. The van der Waals surface area contributed by atoms with Crippen LogP contribution in [0, 0.1) is 0 Å². The number of rotatable bonds is 3. The van der Waals surface area contributed by atoms with Crippen LogP contribution < -0.4 is 0 Å². The minimum atomic E-state index is -0.125. The molecule has 0 bridgehead atoms. The number of aliphatic hydroxyl groups excluding tert-OH is 2. The van der Waals surface area contributed by atoms with Gasteiger partial charge in [-0.05, 0) is 39.8 Å². The highest BCUT2D eigenvalue weighted by atomic mass is 16.5. The second-order valence-electron chi connectivity index (χ2n) is 3.38. The van der Waals surface area contributed by atoms with Gasteiger partial charge in [-0.1, -0.05) is 30.4 Å². The molecular formula is C18H34O4. The van der Waals surface area contributed by atoms with Crippen molar-refractivity contribution in [1.29, 1.82) is 0 Å². The van der Waals surface area contributed by atoms with E-state index in [1.165, 1.54) is 0 Å². The molecule has 130 valence electrons. The van der Waals surface area contributed by atoms with Gasteiger partial charge in [0.25, 0.3) is 0 Å². The maximum absolute atomic E-state index is 8.63. The van der Waals surface area contributed by atoms with Crippen LogP contribution in [0.15, 0.2) is 55.6 Å². The van der Waals surface area contributed by atoms with Crippen molar-refractivity contribution in [2.24, 2.45) is 0 Å². The van der Waals surface area contributed by atoms with Gasteiger partial charge in [-0.3, -0.25) is 0 Å². The number of aromatic hydroxyl groups is 1. The molecule has 4 nitrogen and oxygen atoms in total. The third-order valence-corrected chi connectivity index (χ3v) is 1.26. The summed E-state index contributed by atoms with van der Waals surface area (Å²) < 4.78 is 4.83. The monoisotopic (exact) mass is 314 g/mol. The van der Waals surface area contributed by atoms with Gasteiger partial charge < -0.3 is 20.1 Å². The number of hydrogen-bond acceptors (Lipinski definition) is 4. The van der Waals surface area contributed by atoms with Crippen LogP contribution in [-0.2, 0) is 4.74 Å². The average Bonchev–Trinajstić information content (AvgIpc) is 2.51. The summed E-state index contributed by atoms with van der Waals surface area (Å²) in [6.07, 6.45) is 3.50. The first kappa shape index (κ1) is 28.5. The molecule has 4 heteroatoms. The molecule has 0 radical (unpaired) electrons. The van der Waals surface area contributed by atoms with Crippen molar-refractivity contribution in [2.45, 2.75) is 27.7 Å². The van der Waals surface area contributed by atoms with Crippen LogP contribution >= 0.6 is 0 Å². The quantitative estimate of drug-likeness (QED) is 0.742. The smallest absolute Gasteiger partial charge is 0.115 e. The summed E-state index contributed by atoms with van der Waals surface area (Å²) in [6, 6.07) is 8.71. The number of aliphatic hydroxyl groups is 2. The predicted octanol–water partition coefficient (Wildman–Crippen LogP) is 3.79. The van der Waals surface area contributed by atoms with E-state index in [1.54, 1.807) is 36.4 Å². The fraction of sp³-hybridized carbons (Fsp3) is 0.444. The molecule has 0 spiro atoms. The van der Waals surface area contributed by atoms with Crippen molar-refractivity contribution in [1.82, 2.24) is 0 Å². The molecule has 0 heterocycles. The second kappa shape index (κ2) is 36.6. The molecule has 0 aliphatic heterocycles. The average molecular weight is 314 g/mol. The first-order valence-corrected chi connectivity index (χ1v) is 7.23. The molecule has 0 aliphatic carbocycles. The van der Waals surface area contributed by atoms with Crippen LogP contribution in [0.25, 0.3) is 0 Å². The predicted molar refractivity (Wildman–Crippen MR) is 96.2 cm³/mol. The lowest BCUT2D eigenvalue weighted by atomic mass is 10.3. The first-order valence-electron chi connectivity index (χ1n) is 7.23. The van der Waals surface area contributed by atoms with Gasteiger partial charge in [0.1, 0.15) is 5.75 Å². The van der Waals surface area contributed by atoms with Gasteiger partial charge >= 0.3 is 0 Å². The van der Waals surface area contributed by atoms with Crippen LogP contribution in [0.4, 0.5) is 0 Å². The minimum absolute atomic E-state index is 0.125. The highest BCUT2D eigenvalue weighted by Crippen LogP contribution is 2.02. The molecule has 0 unspecified atom stereocenters. The molecule has 1 aromatic carbocycles. The topological polar surface area (TPSA) is 69.9 Å². The van der Waals surface area contributed by atoms with E-state index < -0.39 is 0 Å². The Morgan fingerprint density at radius 1 is 0.909 bits per heavy atom. The summed E-state index contributed by atoms with van der Waals surface area (Å²) >= 11 is 0. The molecule has 0 saturated heterocycles. The highest BCUT2D eigenvalue weighted by molar-refractivity contribution is 5.18. The van der Waals surface area contributed by atoms with E-state index >= 15 is 0 Å². The lowest BCUT2D eigenvalue weighted by Gasteiger charge is -1.86. The summed E-state index contributed by atoms with van der Waals surface area (Å²) in [5.74, 6) is 0.322. The third kappa shape index (κ3) is 63.1. The zero-order chi connectivity index (χ0) is 18.1. The number of para-hydroxylation sites is 1.